The van der Waals surface area contributed by atoms with E-state index >= 15 is 0 Å². The number of hydrogen-bond acceptors (Lipinski definition) is 7. The van der Waals surface area contributed by atoms with Crippen molar-refractivity contribution >= 4 is 17.9 Å². The van der Waals surface area contributed by atoms with E-state index < -0.39 is 59.9 Å². The summed E-state index contributed by atoms with van der Waals surface area (Å²) in [6.45, 7) is 11.5. The second-order valence-electron chi connectivity index (χ2n) is 7.12. The maximum atomic E-state index is 12.1. The van der Waals surface area contributed by atoms with Crippen LogP contribution in [-0.2, 0) is 23.9 Å². The van der Waals surface area contributed by atoms with E-state index in [2.05, 4.69) is 19.7 Å². The SMILES string of the molecule is C=CC12COC(=O)C(=C)C1C(O)C(C(C)C(=O)O)C(OC(=O)C(=C)CO)C2. The van der Waals surface area contributed by atoms with Crippen molar-refractivity contribution in [3.8, 4) is 0 Å². The van der Waals surface area contributed by atoms with Crippen LogP contribution in [0.2, 0.25) is 0 Å². The van der Waals surface area contributed by atoms with Crippen molar-refractivity contribution in [3.63, 3.8) is 0 Å². The first kappa shape index (κ1) is 20.9. The van der Waals surface area contributed by atoms with Gasteiger partial charge in [0.1, 0.15) is 12.7 Å². The highest BCUT2D eigenvalue weighted by molar-refractivity contribution is 5.90. The van der Waals surface area contributed by atoms with Gasteiger partial charge < -0.3 is 24.8 Å². The minimum atomic E-state index is -1.33. The van der Waals surface area contributed by atoms with Crippen LogP contribution in [0.15, 0.2) is 37.0 Å². The monoisotopic (exact) mass is 380 g/mol. The average Bonchev–Trinajstić information content (AvgIpc) is 2.63. The third-order valence-electron chi connectivity index (χ3n) is 5.59. The van der Waals surface area contributed by atoms with Gasteiger partial charge in [0.05, 0.1) is 24.2 Å². The Morgan fingerprint density at radius 3 is 2.63 bits per heavy atom. The summed E-state index contributed by atoms with van der Waals surface area (Å²) in [5, 5.41) is 29.5. The van der Waals surface area contributed by atoms with E-state index in [1.54, 1.807) is 0 Å². The zero-order chi connectivity index (χ0) is 20.5. The molecule has 1 aliphatic heterocycles. The zero-order valence-corrected chi connectivity index (χ0v) is 15.1. The van der Waals surface area contributed by atoms with Gasteiger partial charge in [-0.15, -0.1) is 6.58 Å². The lowest BCUT2D eigenvalue weighted by Gasteiger charge is -2.53. The largest absolute Gasteiger partial charge is 0.481 e. The first-order valence-electron chi connectivity index (χ1n) is 8.49. The van der Waals surface area contributed by atoms with Gasteiger partial charge in [0.25, 0.3) is 0 Å². The molecule has 3 N–H and O–H groups in total. The van der Waals surface area contributed by atoms with Crippen LogP contribution in [0.5, 0.6) is 0 Å². The normalized spacial score (nSPS) is 34.0. The number of cyclic esters (lactones) is 1. The van der Waals surface area contributed by atoms with Gasteiger partial charge in [-0.05, 0) is 6.42 Å². The molecule has 2 fully saturated rings. The molecular formula is C19H24O8. The Morgan fingerprint density at radius 1 is 1.48 bits per heavy atom. The van der Waals surface area contributed by atoms with Crippen molar-refractivity contribution in [2.75, 3.05) is 13.2 Å². The molecule has 1 heterocycles. The van der Waals surface area contributed by atoms with E-state index in [1.165, 1.54) is 13.0 Å². The highest BCUT2D eigenvalue weighted by atomic mass is 16.6. The fourth-order valence-corrected chi connectivity index (χ4v) is 4.00. The van der Waals surface area contributed by atoms with Crippen LogP contribution in [0.4, 0.5) is 0 Å². The number of rotatable bonds is 6. The summed E-state index contributed by atoms with van der Waals surface area (Å²) >= 11 is 0. The smallest absolute Gasteiger partial charge is 0.336 e. The molecule has 2 aliphatic rings. The molecule has 1 aliphatic carbocycles. The predicted molar refractivity (Wildman–Crippen MR) is 93.2 cm³/mol. The van der Waals surface area contributed by atoms with Gasteiger partial charge in [0.15, 0.2) is 0 Å². The number of carboxylic acids is 1. The molecule has 0 aromatic carbocycles. The second kappa shape index (κ2) is 7.66. The molecule has 27 heavy (non-hydrogen) atoms. The molecule has 6 unspecified atom stereocenters. The highest BCUT2D eigenvalue weighted by Crippen LogP contribution is 2.52. The Kier molecular flexibility index (Phi) is 5.91. The second-order valence-corrected chi connectivity index (χ2v) is 7.12. The number of aliphatic carboxylic acids is 1. The number of ether oxygens (including phenoxy) is 2. The number of aliphatic hydroxyl groups is 2. The topological polar surface area (TPSA) is 130 Å². The molecule has 1 saturated heterocycles. The molecule has 0 aromatic heterocycles. The molecule has 148 valence electrons. The van der Waals surface area contributed by atoms with Crippen molar-refractivity contribution in [2.45, 2.75) is 25.6 Å². The molecule has 6 atom stereocenters. The Balaban J connectivity index is 2.47. The first-order valence-corrected chi connectivity index (χ1v) is 8.49. The number of fused-ring (bicyclic) bond motifs is 1. The summed E-state index contributed by atoms with van der Waals surface area (Å²) in [6, 6.07) is 0. The molecule has 8 nitrogen and oxygen atoms in total. The molecule has 0 aromatic rings. The van der Waals surface area contributed by atoms with Crippen LogP contribution < -0.4 is 0 Å². The fraction of sp³-hybridized carbons (Fsp3) is 0.526. The molecular weight excluding hydrogens is 356 g/mol. The number of esters is 2. The standard InChI is InChI=1S/C19H24O8/c1-5-19-6-12(27-17(24)9(2)7-20)13(10(3)16(22)23)15(21)14(19)11(4)18(25)26-8-19/h5,10,12-15,20-21H,1-2,4,6-8H2,3H3,(H,22,23). The van der Waals surface area contributed by atoms with Crippen LogP contribution in [0.3, 0.4) is 0 Å². The minimum Gasteiger partial charge on any atom is -0.481 e. The number of carbonyl (C=O) groups excluding carboxylic acids is 2. The van der Waals surface area contributed by atoms with E-state index in [9.17, 15) is 24.6 Å². The van der Waals surface area contributed by atoms with E-state index in [0.717, 1.165) is 0 Å². The molecule has 8 heteroatoms. The third-order valence-corrected chi connectivity index (χ3v) is 5.59. The Hall–Kier alpha value is -2.45. The number of carbonyl (C=O) groups is 3. The van der Waals surface area contributed by atoms with Crippen LogP contribution in [0.25, 0.3) is 0 Å². The Bertz CT molecular complexity index is 696. The quantitative estimate of drug-likeness (QED) is 0.344. The van der Waals surface area contributed by atoms with Gasteiger partial charge in [-0.25, -0.2) is 9.59 Å². The van der Waals surface area contributed by atoms with Gasteiger partial charge in [0, 0.05) is 22.8 Å². The van der Waals surface area contributed by atoms with Crippen LogP contribution in [0, 0.1) is 23.2 Å². The number of carboxylic acid groups (broad SMARTS) is 1. The van der Waals surface area contributed by atoms with Crippen molar-refractivity contribution in [3.05, 3.63) is 37.0 Å². The van der Waals surface area contributed by atoms with Gasteiger partial charge in [0.2, 0.25) is 0 Å². The van der Waals surface area contributed by atoms with E-state index in [1.807, 2.05) is 0 Å². The number of aliphatic hydroxyl groups excluding tert-OH is 2. The summed E-state index contributed by atoms with van der Waals surface area (Å²) in [6.07, 6.45) is -0.747. The molecule has 1 saturated carbocycles. The molecule has 0 amide bonds. The van der Waals surface area contributed by atoms with E-state index in [0.29, 0.717) is 0 Å². The van der Waals surface area contributed by atoms with Crippen molar-refractivity contribution in [1.82, 2.24) is 0 Å². The Morgan fingerprint density at radius 2 is 2.11 bits per heavy atom. The molecule has 0 spiro atoms. The maximum absolute atomic E-state index is 12.1. The summed E-state index contributed by atoms with van der Waals surface area (Å²) in [7, 11) is 0. The van der Waals surface area contributed by atoms with Gasteiger partial charge >= 0.3 is 17.9 Å². The molecule has 2 rings (SSSR count). The lowest BCUT2D eigenvalue weighted by atomic mass is 9.56. The van der Waals surface area contributed by atoms with Crippen molar-refractivity contribution in [1.29, 1.82) is 0 Å². The van der Waals surface area contributed by atoms with Crippen molar-refractivity contribution < 1.29 is 39.2 Å². The van der Waals surface area contributed by atoms with Crippen LogP contribution >= 0.6 is 0 Å². The zero-order valence-electron chi connectivity index (χ0n) is 15.1. The summed E-state index contributed by atoms with van der Waals surface area (Å²) in [4.78, 5) is 35.6. The minimum absolute atomic E-state index is 0.0285. The Labute approximate surface area is 156 Å². The highest BCUT2D eigenvalue weighted by Gasteiger charge is 2.59. The van der Waals surface area contributed by atoms with Crippen LogP contribution in [-0.4, -0.2) is 58.6 Å². The average molecular weight is 380 g/mol. The first-order chi connectivity index (χ1) is 12.6. The lowest BCUT2D eigenvalue weighted by Crippen LogP contribution is -2.60. The van der Waals surface area contributed by atoms with E-state index in [4.69, 9.17) is 14.6 Å². The summed E-state index contributed by atoms with van der Waals surface area (Å²) in [5.74, 6) is -5.62. The maximum Gasteiger partial charge on any atom is 0.336 e. The third kappa shape index (κ3) is 3.54. The van der Waals surface area contributed by atoms with E-state index in [-0.39, 0.29) is 24.2 Å². The van der Waals surface area contributed by atoms with Crippen molar-refractivity contribution in [2.24, 2.45) is 23.2 Å². The van der Waals surface area contributed by atoms with Crippen LogP contribution in [0.1, 0.15) is 13.3 Å². The molecule has 0 bridgehead atoms. The van der Waals surface area contributed by atoms with Gasteiger partial charge in [-0.3, -0.25) is 4.79 Å². The van der Waals surface area contributed by atoms with Gasteiger partial charge in [-0.2, -0.15) is 0 Å². The predicted octanol–water partition coefficient (Wildman–Crippen LogP) is 0.450. The van der Waals surface area contributed by atoms with Gasteiger partial charge in [-0.1, -0.05) is 26.2 Å². The number of hydrogen-bond donors (Lipinski definition) is 3. The lowest BCUT2D eigenvalue weighted by molar-refractivity contribution is -0.188. The summed E-state index contributed by atoms with van der Waals surface area (Å²) in [5.41, 5.74) is -1.12. The summed E-state index contributed by atoms with van der Waals surface area (Å²) < 4.78 is 10.5. The fourth-order valence-electron chi connectivity index (χ4n) is 4.00. The molecule has 0 radical (unpaired) electrons.